The lowest BCUT2D eigenvalue weighted by atomic mass is 9.65. The molecule has 4 aromatic carbocycles. The van der Waals surface area contributed by atoms with E-state index in [2.05, 4.69) is 129 Å². The molecule has 0 saturated carbocycles. The Labute approximate surface area is 228 Å². The Morgan fingerprint density at radius 2 is 0.722 bits per heavy atom. The van der Waals surface area contributed by atoms with Gasteiger partial charge in [0.2, 0.25) is 0 Å². The van der Waals surface area contributed by atoms with Crippen LogP contribution < -0.4 is 0 Å². The van der Waals surface area contributed by atoms with E-state index in [1.54, 1.807) is 0 Å². The number of benzene rings is 4. The molecule has 4 heteroatoms. The van der Waals surface area contributed by atoms with Gasteiger partial charge in [-0.05, 0) is 89.2 Å². The molecule has 0 N–H and O–H groups in total. The molecule has 0 bridgehead atoms. The van der Waals surface area contributed by atoms with Gasteiger partial charge >= 0.3 is 0 Å². The number of hydrogen-bond donors (Lipinski definition) is 0. The van der Waals surface area contributed by atoms with E-state index in [0.29, 0.717) is 12.8 Å². The average Bonchev–Trinajstić information content (AvgIpc) is 3.31. The molecule has 0 fully saturated rings. The average molecular weight is 600 g/mol. The van der Waals surface area contributed by atoms with Gasteiger partial charge < -0.3 is 0 Å². The van der Waals surface area contributed by atoms with Gasteiger partial charge in [-0.25, -0.2) is 0 Å². The third-order valence-corrected chi connectivity index (χ3v) is 8.77. The van der Waals surface area contributed by atoms with E-state index in [9.17, 15) is 9.59 Å². The SMILES string of the molecule is O=C(Br)CC1(CCC2(CC(=O)Br)c3ccccc3-c3ccccc32)c2ccccc2-c2ccccc21. The minimum Gasteiger partial charge on any atom is -0.287 e. The topological polar surface area (TPSA) is 34.1 Å². The first kappa shape index (κ1) is 23.6. The molecule has 0 atom stereocenters. The summed E-state index contributed by atoms with van der Waals surface area (Å²) in [5.41, 5.74) is 8.61. The zero-order valence-corrected chi connectivity index (χ0v) is 22.8. The van der Waals surface area contributed by atoms with Gasteiger partial charge in [-0.3, -0.25) is 9.59 Å². The summed E-state index contributed by atoms with van der Waals surface area (Å²) in [5, 5.41) is 0. The van der Waals surface area contributed by atoms with Crippen LogP contribution in [0.2, 0.25) is 0 Å². The molecule has 0 radical (unpaired) electrons. The first-order chi connectivity index (χ1) is 17.5. The lowest BCUT2D eigenvalue weighted by Crippen LogP contribution is -2.34. The van der Waals surface area contributed by atoms with E-state index in [1.807, 2.05) is 0 Å². The van der Waals surface area contributed by atoms with Crippen molar-refractivity contribution in [1.82, 2.24) is 0 Å². The van der Waals surface area contributed by atoms with Crippen LogP contribution in [0.4, 0.5) is 0 Å². The molecular formula is C32H24Br2O2. The van der Waals surface area contributed by atoms with Crippen molar-refractivity contribution in [2.45, 2.75) is 36.5 Å². The second-order valence-electron chi connectivity index (χ2n) is 9.91. The molecule has 0 heterocycles. The summed E-state index contributed by atoms with van der Waals surface area (Å²) in [4.78, 5) is 25.5. The summed E-state index contributed by atoms with van der Waals surface area (Å²) >= 11 is 6.56. The minimum absolute atomic E-state index is 0.00755. The number of halogens is 2. The van der Waals surface area contributed by atoms with Crippen molar-refractivity contribution in [3.63, 3.8) is 0 Å². The maximum absolute atomic E-state index is 12.7. The highest BCUT2D eigenvalue weighted by Gasteiger charge is 2.49. The summed E-state index contributed by atoms with van der Waals surface area (Å²) in [6.45, 7) is 0. The standard InChI is InChI=1S/C32H24Br2O2/c33-29(35)19-31(25-13-5-1-9-21(25)22-10-2-6-14-26(22)31)17-18-32(20-30(34)36)27-15-7-3-11-23(27)24-12-4-8-16-28(24)32/h1-16H,17-20H2. The highest BCUT2D eigenvalue weighted by Crippen LogP contribution is 2.58. The molecule has 2 nitrogen and oxygen atoms in total. The van der Waals surface area contributed by atoms with Crippen molar-refractivity contribution in [3.8, 4) is 22.3 Å². The van der Waals surface area contributed by atoms with Gasteiger partial charge in [0.25, 0.3) is 0 Å². The third kappa shape index (κ3) is 3.49. The molecule has 0 spiro atoms. The zero-order chi connectivity index (χ0) is 24.9. The molecule has 0 unspecified atom stereocenters. The molecule has 2 aliphatic carbocycles. The van der Waals surface area contributed by atoms with Crippen molar-refractivity contribution >= 4 is 41.2 Å². The lowest BCUT2D eigenvalue weighted by Gasteiger charge is -2.37. The molecule has 36 heavy (non-hydrogen) atoms. The van der Waals surface area contributed by atoms with E-state index in [-0.39, 0.29) is 9.39 Å². The maximum atomic E-state index is 12.7. The van der Waals surface area contributed by atoms with Crippen LogP contribution in [0, 0.1) is 0 Å². The van der Waals surface area contributed by atoms with E-state index < -0.39 is 10.8 Å². The predicted molar refractivity (Wildman–Crippen MR) is 152 cm³/mol. The Hall–Kier alpha value is -2.82. The van der Waals surface area contributed by atoms with Gasteiger partial charge in [-0.15, -0.1) is 0 Å². The molecule has 0 amide bonds. The molecule has 2 aliphatic rings. The number of fused-ring (bicyclic) bond motifs is 6. The van der Waals surface area contributed by atoms with E-state index in [1.165, 1.54) is 44.5 Å². The smallest absolute Gasteiger partial charge is 0.199 e. The van der Waals surface area contributed by atoms with Crippen molar-refractivity contribution < 1.29 is 9.59 Å². The van der Waals surface area contributed by atoms with Crippen molar-refractivity contribution in [2.24, 2.45) is 0 Å². The molecule has 4 aromatic rings. The second-order valence-corrected chi connectivity index (χ2v) is 11.7. The van der Waals surface area contributed by atoms with Crippen molar-refractivity contribution in [3.05, 3.63) is 119 Å². The van der Waals surface area contributed by atoms with Crippen LogP contribution in [-0.2, 0) is 20.4 Å². The normalized spacial score (nSPS) is 15.5. The monoisotopic (exact) mass is 598 g/mol. The van der Waals surface area contributed by atoms with Crippen LogP contribution in [0.1, 0.15) is 47.9 Å². The largest absolute Gasteiger partial charge is 0.287 e. The molecule has 0 aliphatic heterocycles. The number of rotatable bonds is 7. The number of carbonyl (C=O) groups is 2. The number of carbonyl (C=O) groups excluding carboxylic acids is 2. The van der Waals surface area contributed by atoms with Gasteiger partial charge in [0.15, 0.2) is 9.39 Å². The first-order valence-electron chi connectivity index (χ1n) is 12.2. The van der Waals surface area contributed by atoms with Crippen LogP contribution in [0.25, 0.3) is 22.3 Å². The highest BCUT2D eigenvalue weighted by molar-refractivity contribution is 9.18. The van der Waals surface area contributed by atoms with E-state index in [0.717, 1.165) is 12.8 Å². The fourth-order valence-corrected chi connectivity index (χ4v) is 7.79. The van der Waals surface area contributed by atoms with Crippen molar-refractivity contribution in [1.29, 1.82) is 0 Å². The Morgan fingerprint density at radius 3 is 0.972 bits per heavy atom. The van der Waals surface area contributed by atoms with E-state index in [4.69, 9.17) is 0 Å². The van der Waals surface area contributed by atoms with E-state index >= 15 is 0 Å². The highest BCUT2D eigenvalue weighted by atomic mass is 79.9. The minimum atomic E-state index is -0.470. The number of hydrogen-bond acceptors (Lipinski definition) is 2. The van der Waals surface area contributed by atoms with Crippen LogP contribution in [0.3, 0.4) is 0 Å². The lowest BCUT2D eigenvalue weighted by molar-refractivity contribution is -0.112. The summed E-state index contributed by atoms with van der Waals surface area (Å²) in [6.07, 6.45) is 2.20. The predicted octanol–water partition coefficient (Wildman–Crippen LogP) is 8.32. The van der Waals surface area contributed by atoms with Crippen LogP contribution in [0.5, 0.6) is 0 Å². The summed E-state index contributed by atoms with van der Waals surface area (Å²) in [6, 6.07) is 33.8. The maximum Gasteiger partial charge on any atom is 0.199 e. The first-order valence-corrected chi connectivity index (χ1v) is 13.8. The van der Waals surface area contributed by atoms with Crippen LogP contribution in [-0.4, -0.2) is 9.39 Å². The Balaban J connectivity index is 1.55. The van der Waals surface area contributed by atoms with Crippen LogP contribution in [0.15, 0.2) is 97.1 Å². The summed E-state index contributed by atoms with van der Waals surface area (Å²) in [5.74, 6) is 0. The quantitative estimate of drug-likeness (QED) is 0.200. The van der Waals surface area contributed by atoms with Gasteiger partial charge in [-0.2, -0.15) is 0 Å². The fraction of sp³-hybridized carbons (Fsp3) is 0.188. The second kappa shape index (κ2) is 8.93. The van der Waals surface area contributed by atoms with Gasteiger partial charge in [-0.1, -0.05) is 97.1 Å². The fourth-order valence-electron chi connectivity index (χ4n) is 6.83. The van der Waals surface area contributed by atoms with Gasteiger partial charge in [0.1, 0.15) is 0 Å². The third-order valence-electron chi connectivity index (χ3n) is 8.21. The molecule has 6 rings (SSSR count). The molecule has 0 aromatic heterocycles. The summed E-state index contributed by atoms with van der Waals surface area (Å²) < 4.78 is -0.0151. The Morgan fingerprint density at radius 1 is 0.472 bits per heavy atom. The van der Waals surface area contributed by atoms with Crippen LogP contribution >= 0.6 is 31.9 Å². The summed E-state index contributed by atoms with van der Waals surface area (Å²) in [7, 11) is 0. The molecule has 0 saturated heterocycles. The van der Waals surface area contributed by atoms with Crippen molar-refractivity contribution in [2.75, 3.05) is 0 Å². The molecule has 178 valence electrons. The van der Waals surface area contributed by atoms with Gasteiger partial charge in [0.05, 0.1) is 0 Å². The van der Waals surface area contributed by atoms with Gasteiger partial charge in [0, 0.05) is 23.7 Å². The molecular weight excluding hydrogens is 576 g/mol. The Kier molecular flexibility index (Phi) is 5.85. The zero-order valence-electron chi connectivity index (χ0n) is 19.6. The Bertz CT molecular complexity index is 1310.